The lowest BCUT2D eigenvalue weighted by molar-refractivity contribution is 0.0525. The van der Waals surface area contributed by atoms with Crippen molar-refractivity contribution in [3.63, 3.8) is 0 Å². The van der Waals surface area contributed by atoms with Gasteiger partial charge in [-0.1, -0.05) is 5.16 Å². The average Bonchev–Trinajstić information content (AvgIpc) is 2.59. The fourth-order valence-electron chi connectivity index (χ4n) is 1.27. The van der Waals surface area contributed by atoms with E-state index in [2.05, 4.69) is 10.3 Å². The zero-order valence-electron chi connectivity index (χ0n) is 9.60. The van der Waals surface area contributed by atoms with E-state index in [0.717, 1.165) is 0 Å². The number of hydrogen-bond acceptors (Lipinski definition) is 5. The van der Waals surface area contributed by atoms with Crippen molar-refractivity contribution in [3.05, 3.63) is 17.5 Å². The predicted octanol–water partition coefficient (Wildman–Crippen LogP) is 1.22. The molecule has 0 aromatic carbocycles. The van der Waals surface area contributed by atoms with Crippen molar-refractivity contribution in [1.29, 1.82) is 0 Å². The van der Waals surface area contributed by atoms with Crippen LogP contribution in [0.2, 0.25) is 0 Å². The van der Waals surface area contributed by atoms with Gasteiger partial charge in [-0.25, -0.2) is 4.79 Å². The van der Waals surface area contributed by atoms with Crippen molar-refractivity contribution in [2.24, 2.45) is 5.16 Å². The molecule has 6 heteroatoms. The summed E-state index contributed by atoms with van der Waals surface area (Å²) >= 11 is 0. The number of hydrogen-bond donors (Lipinski definition) is 1. The quantitative estimate of drug-likeness (QED) is 0.362. The number of oxime groups is 1. The molecule has 1 aromatic rings. The van der Waals surface area contributed by atoms with E-state index in [1.54, 1.807) is 27.0 Å². The first kappa shape index (κ1) is 12.2. The van der Waals surface area contributed by atoms with Crippen molar-refractivity contribution in [2.45, 2.75) is 27.3 Å². The Balaban J connectivity index is 2.85. The molecule has 1 aromatic heterocycles. The van der Waals surface area contributed by atoms with Gasteiger partial charge in [0.1, 0.15) is 5.56 Å². The smallest absolute Gasteiger partial charge is 0.341 e. The monoisotopic (exact) mass is 225 g/mol. The van der Waals surface area contributed by atoms with E-state index in [1.807, 2.05) is 0 Å². The third kappa shape index (κ3) is 2.82. The Morgan fingerprint density at radius 2 is 2.38 bits per heavy atom. The lowest BCUT2D eigenvalue weighted by Crippen LogP contribution is -2.07. The van der Waals surface area contributed by atoms with Crippen LogP contribution < -0.4 is 0 Å². The number of aryl methyl sites for hydroxylation is 1. The van der Waals surface area contributed by atoms with Crippen LogP contribution in [0, 0.1) is 6.92 Å². The zero-order chi connectivity index (χ0) is 12.1. The van der Waals surface area contributed by atoms with Crippen LogP contribution in [-0.4, -0.2) is 33.3 Å². The lowest BCUT2D eigenvalue weighted by atomic mass is 10.3. The van der Waals surface area contributed by atoms with Crippen LogP contribution >= 0.6 is 0 Å². The fraction of sp³-hybridized carbons (Fsp3) is 0.500. The number of ether oxygens (including phenoxy) is 1. The second kappa shape index (κ2) is 5.29. The van der Waals surface area contributed by atoms with E-state index in [1.165, 1.54) is 4.68 Å². The molecule has 0 bridgehead atoms. The van der Waals surface area contributed by atoms with Crippen LogP contribution in [-0.2, 0) is 11.3 Å². The van der Waals surface area contributed by atoms with Gasteiger partial charge in [-0.15, -0.1) is 0 Å². The predicted molar refractivity (Wildman–Crippen MR) is 57.8 cm³/mol. The summed E-state index contributed by atoms with van der Waals surface area (Å²) in [4.78, 5) is 11.5. The fourth-order valence-corrected chi connectivity index (χ4v) is 1.27. The third-order valence-corrected chi connectivity index (χ3v) is 2.00. The minimum Gasteiger partial charge on any atom is -0.462 e. The Hall–Kier alpha value is -1.85. The molecular weight excluding hydrogens is 210 g/mol. The molecule has 0 unspecified atom stereocenters. The molecule has 0 saturated carbocycles. The van der Waals surface area contributed by atoms with E-state index in [0.29, 0.717) is 30.1 Å². The minimum absolute atomic E-state index is 0.334. The molecule has 1 N–H and O–H groups in total. The summed E-state index contributed by atoms with van der Waals surface area (Å²) in [7, 11) is 0. The van der Waals surface area contributed by atoms with E-state index < -0.39 is 0 Å². The van der Waals surface area contributed by atoms with Crippen molar-refractivity contribution >= 4 is 11.7 Å². The highest BCUT2D eigenvalue weighted by Crippen LogP contribution is 2.07. The van der Waals surface area contributed by atoms with Gasteiger partial charge in [0.05, 0.1) is 24.6 Å². The standard InChI is InChI=1S/C10H15N3O3/c1-4-16-10(14)9-6-13(11-8(9)3)5-7(2)12-15/h6,15H,4-5H2,1-3H3/b12-7+. The number of rotatable bonds is 4. The number of carbonyl (C=O) groups is 1. The van der Waals surface area contributed by atoms with Crippen molar-refractivity contribution in [3.8, 4) is 0 Å². The first-order valence-electron chi connectivity index (χ1n) is 4.97. The van der Waals surface area contributed by atoms with Crippen LogP contribution in [0.3, 0.4) is 0 Å². The van der Waals surface area contributed by atoms with Gasteiger partial charge in [-0.3, -0.25) is 4.68 Å². The summed E-state index contributed by atoms with van der Waals surface area (Å²) < 4.78 is 6.42. The van der Waals surface area contributed by atoms with Gasteiger partial charge < -0.3 is 9.94 Å². The number of aromatic nitrogens is 2. The molecule has 0 atom stereocenters. The first-order valence-corrected chi connectivity index (χ1v) is 4.97. The molecule has 0 saturated heterocycles. The lowest BCUT2D eigenvalue weighted by Gasteiger charge is -1.98. The molecule has 1 rings (SSSR count). The van der Waals surface area contributed by atoms with E-state index in [-0.39, 0.29) is 5.97 Å². The minimum atomic E-state index is -0.384. The summed E-state index contributed by atoms with van der Waals surface area (Å²) in [5.41, 5.74) is 1.55. The van der Waals surface area contributed by atoms with Gasteiger partial charge >= 0.3 is 5.97 Å². The SMILES string of the molecule is CCOC(=O)c1cn(C/C(C)=N/O)nc1C. The number of esters is 1. The van der Waals surface area contributed by atoms with Crippen LogP contribution in [0.15, 0.2) is 11.4 Å². The van der Waals surface area contributed by atoms with E-state index in [4.69, 9.17) is 9.94 Å². The summed E-state index contributed by atoms with van der Waals surface area (Å²) in [5.74, 6) is -0.384. The Kier molecular flexibility index (Phi) is 4.04. The molecule has 0 aliphatic rings. The molecule has 16 heavy (non-hydrogen) atoms. The van der Waals surface area contributed by atoms with Crippen molar-refractivity contribution in [2.75, 3.05) is 6.61 Å². The second-order valence-corrected chi connectivity index (χ2v) is 3.38. The highest BCUT2D eigenvalue weighted by Gasteiger charge is 2.14. The molecule has 0 spiro atoms. The second-order valence-electron chi connectivity index (χ2n) is 3.38. The summed E-state index contributed by atoms with van der Waals surface area (Å²) in [5, 5.41) is 15.7. The molecule has 0 fully saturated rings. The van der Waals surface area contributed by atoms with Gasteiger partial charge in [0, 0.05) is 6.20 Å². The molecule has 0 aliphatic carbocycles. The molecule has 1 heterocycles. The zero-order valence-corrected chi connectivity index (χ0v) is 9.60. The Bertz CT molecular complexity index is 409. The van der Waals surface area contributed by atoms with E-state index in [9.17, 15) is 4.79 Å². The Morgan fingerprint density at radius 3 is 2.94 bits per heavy atom. The highest BCUT2D eigenvalue weighted by atomic mass is 16.5. The number of carbonyl (C=O) groups excluding carboxylic acids is 1. The Morgan fingerprint density at radius 1 is 1.69 bits per heavy atom. The van der Waals surface area contributed by atoms with Crippen LogP contribution in [0.25, 0.3) is 0 Å². The van der Waals surface area contributed by atoms with Crippen LogP contribution in [0.4, 0.5) is 0 Å². The number of nitrogens with zero attached hydrogens (tertiary/aromatic N) is 3. The van der Waals surface area contributed by atoms with Gasteiger partial charge in [0.15, 0.2) is 0 Å². The molecule has 88 valence electrons. The van der Waals surface area contributed by atoms with Crippen molar-refractivity contribution in [1.82, 2.24) is 9.78 Å². The van der Waals surface area contributed by atoms with Gasteiger partial charge in [0.2, 0.25) is 0 Å². The maximum Gasteiger partial charge on any atom is 0.341 e. The molecule has 0 radical (unpaired) electrons. The maximum atomic E-state index is 11.5. The highest BCUT2D eigenvalue weighted by molar-refractivity contribution is 5.90. The first-order chi connectivity index (χ1) is 7.58. The summed E-state index contributed by atoms with van der Waals surface area (Å²) in [6.45, 7) is 5.83. The largest absolute Gasteiger partial charge is 0.462 e. The molecule has 0 amide bonds. The topological polar surface area (TPSA) is 76.7 Å². The maximum absolute atomic E-state index is 11.5. The third-order valence-electron chi connectivity index (χ3n) is 2.00. The van der Waals surface area contributed by atoms with Gasteiger partial charge in [-0.2, -0.15) is 5.10 Å². The Labute approximate surface area is 93.5 Å². The van der Waals surface area contributed by atoms with Gasteiger partial charge in [0.25, 0.3) is 0 Å². The van der Waals surface area contributed by atoms with Crippen LogP contribution in [0.1, 0.15) is 29.9 Å². The average molecular weight is 225 g/mol. The van der Waals surface area contributed by atoms with Gasteiger partial charge in [-0.05, 0) is 20.8 Å². The molecular formula is C10H15N3O3. The molecule has 6 nitrogen and oxygen atoms in total. The summed E-state index contributed by atoms with van der Waals surface area (Å²) in [6.07, 6.45) is 1.59. The summed E-state index contributed by atoms with van der Waals surface area (Å²) in [6, 6.07) is 0. The van der Waals surface area contributed by atoms with E-state index >= 15 is 0 Å². The van der Waals surface area contributed by atoms with Crippen LogP contribution in [0.5, 0.6) is 0 Å². The molecule has 0 aliphatic heterocycles. The van der Waals surface area contributed by atoms with Crippen molar-refractivity contribution < 1.29 is 14.7 Å². The normalized spacial score (nSPS) is 11.6.